The van der Waals surface area contributed by atoms with Gasteiger partial charge in [-0.3, -0.25) is 4.79 Å². The number of hydrogen-bond donors (Lipinski definition) is 1. The number of hydrazone groups is 1. The summed E-state index contributed by atoms with van der Waals surface area (Å²) in [7, 11) is 0. The van der Waals surface area contributed by atoms with Crippen LogP contribution in [0.1, 0.15) is 21.5 Å². The van der Waals surface area contributed by atoms with Gasteiger partial charge < -0.3 is 4.74 Å². The van der Waals surface area contributed by atoms with Crippen LogP contribution in [0.15, 0.2) is 77.9 Å². The first-order valence-corrected chi connectivity index (χ1v) is 9.25. The van der Waals surface area contributed by atoms with Crippen molar-refractivity contribution in [2.75, 3.05) is 0 Å². The van der Waals surface area contributed by atoms with E-state index in [0.29, 0.717) is 6.61 Å². The largest absolute Gasteiger partial charge is 0.489 e. The minimum absolute atomic E-state index is 0.0472. The third-order valence-corrected chi connectivity index (χ3v) is 4.42. The molecular formula is C21H16FIN2O2. The van der Waals surface area contributed by atoms with Crippen molar-refractivity contribution in [3.05, 3.63) is 98.9 Å². The summed E-state index contributed by atoms with van der Waals surface area (Å²) in [5.74, 6) is -0.442. The number of carbonyl (C=O) groups excluding carboxylic acids is 1. The minimum atomic E-state index is -0.596. The molecule has 0 saturated heterocycles. The van der Waals surface area contributed by atoms with Crippen molar-refractivity contribution in [1.29, 1.82) is 0 Å². The number of benzene rings is 3. The Morgan fingerprint density at radius 2 is 1.74 bits per heavy atom. The summed E-state index contributed by atoms with van der Waals surface area (Å²) in [5.41, 5.74) is 4.14. The molecular weight excluding hydrogens is 458 g/mol. The summed E-state index contributed by atoms with van der Waals surface area (Å²) >= 11 is 2.26. The van der Waals surface area contributed by atoms with Gasteiger partial charge in [0, 0.05) is 3.57 Å². The zero-order chi connectivity index (χ0) is 19.1. The van der Waals surface area contributed by atoms with Gasteiger partial charge in [-0.2, -0.15) is 5.10 Å². The second-order valence-electron chi connectivity index (χ2n) is 5.66. The molecule has 0 radical (unpaired) electrons. The number of ether oxygens (including phenoxy) is 1. The smallest absolute Gasteiger partial charge is 0.274 e. The van der Waals surface area contributed by atoms with Gasteiger partial charge in [0.2, 0.25) is 0 Å². The molecule has 6 heteroatoms. The van der Waals surface area contributed by atoms with Crippen LogP contribution in [0.4, 0.5) is 4.39 Å². The van der Waals surface area contributed by atoms with E-state index in [0.717, 1.165) is 16.9 Å². The lowest BCUT2D eigenvalue weighted by Gasteiger charge is -2.06. The van der Waals surface area contributed by atoms with Crippen LogP contribution in [0.25, 0.3) is 0 Å². The fourth-order valence-corrected chi connectivity index (χ4v) is 2.63. The molecule has 136 valence electrons. The van der Waals surface area contributed by atoms with Gasteiger partial charge in [0.15, 0.2) is 0 Å². The fourth-order valence-electron chi connectivity index (χ4n) is 2.27. The van der Waals surface area contributed by atoms with E-state index in [2.05, 4.69) is 33.1 Å². The number of carbonyl (C=O) groups is 1. The Balaban J connectivity index is 1.52. The van der Waals surface area contributed by atoms with Crippen molar-refractivity contribution in [3.8, 4) is 5.75 Å². The Bertz CT molecular complexity index is 941. The first-order valence-electron chi connectivity index (χ1n) is 8.17. The maximum Gasteiger partial charge on any atom is 0.274 e. The third kappa shape index (κ3) is 5.62. The molecule has 3 rings (SSSR count). The first kappa shape index (κ1) is 19.0. The number of nitrogens with zero attached hydrogens (tertiary/aromatic N) is 1. The molecule has 1 amide bonds. The van der Waals surface area contributed by atoms with Gasteiger partial charge in [-0.25, -0.2) is 9.82 Å². The summed E-state index contributed by atoms with van der Waals surface area (Å²) in [6.07, 6.45) is 1.49. The normalized spacial score (nSPS) is 10.7. The van der Waals surface area contributed by atoms with Crippen molar-refractivity contribution in [2.45, 2.75) is 6.61 Å². The maximum absolute atomic E-state index is 13.5. The zero-order valence-electron chi connectivity index (χ0n) is 14.2. The highest BCUT2D eigenvalue weighted by molar-refractivity contribution is 14.1. The molecule has 0 aliphatic heterocycles. The molecule has 0 spiro atoms. The lowest BCUT2D eigenvalue weighted by molar-refractivity contribution is 0.0951. The van der Waals surface area contributed by atoms with Crippen molar-refractivity contribution in [1.82, 2.24) is 5.43 Å². The average Bonchev–Trinajstić information content (AvgIpc) is 2.69. The highest BCUT2D eigenvalue weighted by atomic mass is 127. The van der Waals surface area contributed by atoms with Gasteiger partial charge in [-0.15, -0.1) is 0 Å². The SMILES string of the molecule is O=C(N/N=C\c1ccc(OCc2ccc(I)cc2)cc1)c1ccccc1F. The minimum Gasteiger partial charge on any atom is -0.489 e. The molecule has 27 heavy (non-hydrogen) atoms. The Hall–Kier alpha value is -2.74. The van der Waals surface area contributed by atoms with E-state index in [9.17, 15) is 9.18 Å². The topological polar surface area (TPSA) is 50.7 Å². The molecule has 0 unspecified atom stereocenters. The summed E-state index contributed by atoms with van der Waals surface area (Å²) in [4.78, 5) is 11.9. The van der Waals surface area contributed by atoms with Crippen molar-refractivity contribution < 1.29 is 13.9 Å². The van der Waals surface area contributed by atoms with E-state index in [1.54, 1.807) is 6.07 Å². The van der Waals surface area contributed by atoms with Crippen LogP contribution in [0, 0.1) is 9.39 Å². The number of rotatable bonds is 6. The van der Waals surface area contributed by atoms with E-state index in [1.165, 1.54) is 28.0 Å². The molecule has 0 aliphatic rings. The van der Waals surface area contributed by atoms with Crippen LogP contribution in [0.2, 0.25) is 0 Å². The zero-order valence-corrected chi connectivity index (χ0v) is 16.4. The highest BCUT2D eigenvalue weighted by Gasteiger charge is 2.09. The van der Waals surface area contributed by atoms with Gasteiger partial charge in [0.1, 0.15) is 18.2 Å². The molecule has 1 N–H and O–H groups in total. The van der Waals surface area contributed by atoms with E-state index in [4.69, 9.17) is 4.74 Å². The van der Waals surface area contributed by atoms with Crippen LogP contribution >= 0.6 is 22.6 Å². The van der Waals surface area contributed by atoms with E-state index >= 15 is 0 Å². The van der Waals surface area contributed by atoms with Crippen molar-refractivity contribution in [3.63, 3.8) is 0 Å². The monoisotopic (exact) mass is 474 g/mol. The maximum atomic E-state index is 13.5. The Morgan fingerprint density at radius 3 is 2.44 bits per heavy atom. The number of hydrogen-bond acceptors (Lipinski definition) is 3. The summed E-state index contributed by atoms with van der Waals surface area (Å²) < 4.78 is 20.4. The summed E-state index contributed by atoms with van der Waals surface area (Å²) in [6, 6.07) is 21.2. The molecule has 3 aromatic carbocycles. The molecule has 3 aromatic rings. The van der Waals surface area contributed by atoms with Gasteiger partial charge in [0.25, 0.3) is 5.91 Å². The first-order chi connectivity index (χ1) is 13.1. The predicted molar refractivity (Wildman–Crippen MR) is 111 cm³/mol. The average molecular weight is 474 g/mol. The lowest BCUT2D eigenvalue weighted by Crippen LogP contribution is -2.18. The third-order valence-electron chi connectivity index (χ3n) is 3.70. The molecule has 0 heterocycles. The molecule has 0 aliphatic carbocycles. The van der Waals surface area contributed by atoms with Gasteiger partial charge in [-0.1, -0.05) is 24.3 Å². The number of halogens is 2. The highest BCUT2D eigenvalue weighted by Crippen LogP contribution is 2.14. The van der Waals surface area contributed by atoms with Crippen LogP contribution < -0.4 is 10.2 Å². The molecule has 0 aromatic heterocycles. The van der Waals surface area contributed by atoms with Crippen molar-refractivity contribution >= 4 is 34.7 Å². The number of nitrogens with one attached hydrogen (secondary N) is 1. The Labute approximate surface area is 170 Å². The van der Waals surface area contributed by atoms with E-state index < -0.39 is 11.7 Å². The summed E-state index contributed by atoms with van der Waals surface area (Å²) in [5, 5.41) is 3.86. The molecule has 0 atom stereocenters. The standard InChI is InChI=1S/C21H16FIN2O2/c22-20-4-2-1-3-19(20)21(26)25-24-13-15-7-11-18(12-8-15)27-14-16-5-9-17(23)10-6-16/h1-13H,14H2,(H,25,26)/b24-13-. The second kappa shape index (κ2) is 9.27. The van der Waals surface area contributed by atoms with E-state index in [-0.39, 0.29) is 5.56 Å². The molecule has 4 nitrogen and oxygen atoms in total. The fraction of sp³-hybridized carbons (Fsp3) is 0.0476. The lowest BCUT2D eigenvalue weighted by atomic mass is 10.2. The van der Waals surface area contributed by atoms with Crippen LogP contribution in [-0.4, -0.2) is 12.1 Å². The summed E-state index contributed by atoms with van der Waals surface area (Å²) in [6.45, 7) is 0.489. The molecule has 0 fully saturated rings. The number of amides is 1. The quantitative estimate of drug-likeness (QED) is 0.318. The van der Waals surface area contributed by atoms with Gasteiger partial charge >= 0.3 is 0 Å². The van der Waals surface area contributed by atoms with Crippen LogP contribution in [0.5, 0.6) is 5.75 Å². The van der Waals surface area contributed by atoms with Crippen LogP contribution in [0.3, 0.4) is 0 Å². The van der Waals surface area contributed by atoms with Gasteiger partial charge in [-0.05, 0) is 82.2 Å². The Kier molecular flexibility index (Phi) is 6.54. The molecule has 0 bridgehead atoms. The predicted octanol–water partition coefficient (Wildman–Crippen LogP) is 4.77. The molecule has 0 saturated carbocycles. The second-order valence-corrected chi connectivity index (χ2v) is 6.91. The van der Waals surface area contributed by atoms with Crippen molar-refractivity contribution in [2.24, 2.45) is 5.10 Å². The van der Waals surface area contributed by atoms with E-state index in [1.807, 2.05) is 48.5 Å². The van der Waals surface area contributed by atoms with Crippen LogP contribution in [-0.2, 0) is 6.61 Å². The van der Waals surface area contributed by atoms with Gasteiger partial charge in [0.05, 0.1) is 11.8 Å². The Morgan fingerprint density at radius 1 is 1.04 bits per heavy atom.